The van der Waals surface area contributed by atoms with Gasteiger partial charge >= 0.3 is 0 Å². The van der Waals surface area contributed by atoms with Gasteiger partial charge in [0, 0.05) is 11.0 Å². The van der Waals surface area contributed by atoms with Crippen LogP contribution in [0.15, 0.2) is 52.4 Å². The van der Waals surface area contributed by atoms with Gasteiger partial charge in [0.15, 0.2) is 10.7 Å². The second-order valence-corrected chi connectivity index (χ2v) is 8.24. The number of ether oxygens (including phenoxy) is 2. The van der Waals surface area contributed by atoms with E-state index in [-0.39, 0.29) is 5.41 Å². The molecule has 0 saturated carbocycles. The summed E-state index contributed by atoms with van der Waals surface area (Å²) in [5, 5.41) is 18.7. The average Bonchev–Trinajstić information content (AvgIpc) is 3.09. The summed E-state index contributed by atoms with van der Waals surface area (Å²) in [6.45, 7) is 6.53. The van der Waals surface area contributed by atoms with Crippen molar-refractivity contribution in [2.45, 2.75) is 36.1 Å². The molecular weight excluding hydrogens is 372 g/mol. The predicted octanol–water partition coefficient (Wildman–Crippen LogP) is 4.60. The molecule has 0 radical (unpaired) electrons. The molecule has 3 aromatic rings. The summed E-state index contributed by atoms with van der Waals surface area (Å²) in [5.74, 6) is 1.22. The fourth-order valence-corrected chi connectivity index (χ4v) is 3.50. The molecule has 0 amide bonds. The fraction of sp³-hybridized carbons (Fsp3) is 0.286. The van der Waals surface area contributed by atoms with Gasteiger partial charge in [0.25, 0.3) is 0 Å². The first-order valence-corrected chi connectivity index (χ1v) is 9.55. The first kappa shape index (κ1) is 19.8. The van der Waals surface area contributed by atoms with E-state index in [2.05, 4.69) is 49.3 Å². The molecule has 6 nitrogen and oxygen atoms in total. The Hall–Kier alpha value is -2.98. The van der Waals surface area contributed by atoms with E-state index in [1.807, 2.05) is 12.1 Å². The first-order chi connectivity index (χ1) is 13.4. The number of nitrogens with zero attached hydrogens (tertiary/aromatic N) is 4. The lowest BCUT2D eigenvalue weighted by Gasteiger charge is -2.18. The summed E-state index contributed by atoms with van der Waals surface area (Å²) < 4.78 is 12.2. The lowest BCUT2D eigenvalue weighted by Crippen LogP contribution is -2.10. The summed E-state index contributed by atoms with van der Waals surface area (Å²) in [6.07, 6.45) is 0. The number of benzene rings is 2. The Labute approximate surface area is 169 Å². The van der Waals surface area contributed by atoms with Crippen LogP contribution in [-0.2, 0) is 5.41 Å². The van der Waals surface area contributed by atoms with Gasteiger partial charge in [-0.2, -0.15) is 9.94 Å². The van der Waals surface area contributed by atoms with Crippen molar-refractivity contribution in [3.05, 3.63) is 53.7 Å². The van der Waals surface area contributed by atoms with Gasteiger partial charge in [-0.05, 0) is 35.2 Å². The quantitative estimate of drug-likeness (QED) is 0.629. The van der Waals surface area contributed by atoms with Crippen LogP contribution in [0.5, 0.6) is 11.5 Å². The van der Waals surface area contributed by atoms with Crippen molar-refractivity contribution in [2.75, 3.05) is 14.2 Å². The van der Waals surface area contributed by atoms with Gasteiger partial charge in [0.05, 0.1) is 14.2 Å². The minimum absolute atomic E-state index is 0.0903. The molecule has 0 spiro atoms. The number of hydrogen-bond acceptors (Lipinski definition) is 6. The number of aromatic nitrogens is 3. The van der Waals surface area contributed by atoms with E-state index in [0.717, 1.165) is 4.90 Å². The largest absolute Gasteiger partial charge is 0.497 e. The highest BCUT2D eigenvalue weighted by Crippen LogP contribution is 2.34. The molecule has 1 heterocycles. The van der Waals surface area contributed by atoms with Gasteiger partial charge in [0.1, 0.15) is 23.3 Å². The molecule has 0 saturated heterocycles. The molecule has 3 rings (SSSR count). The van der Waals surface area contributed by atoms with Crippen molar-refractivity contribution in [3.63, 3.8) is 0 Å². The second-order valence-electron chi connectivity index (χ2n) is 7.18. The minimum atomic E-state index is 0.0903. The van der Waals surface area contributed by atoms with Crippen LogP contribution in [0.3, 0.4) is 0 Å². The highest BCUT2D eigenvalue weighted by molar-refractivity contribution is 7.99. The average molecular weight is 395 g/mol. The fourth-order valence-electron chi connectivity index (χ4n) is 2.70. The molecule has 0 N–H and O–H groups in total. The molecule has 0 aliphatic carbocycles. The first-order valence-electron chi connectivity index (χ1n) is 8.74. The van der Waals surface area contributed by atoms with E-state index in [9.17, 15) is 5.26 Å². The van der Waals surface area contributed by atoms with Crippen LogP contribution in [0, 0.1) is 11.3 Å². The molecule has 0 fully saturated rings. The molecule has 2 aromatic carbocycles. The summed E-state index contributed by atoms with van der Waals surface area (Å²) in [4.78, 5) is 0.995. The monoisotopic (exact) mass is 394 g/mol. The van der Waals surface area contributed by atoms with Crippen molar-refractivity contribution in [1.82, 2.24) is 15.0 Å². The van der Waals surface area contributed by atoms with Crippen LogP contribution >= 0.6 is 11.8 Å². The summed E-state index contributed by atoms with van der Waals surface area (Å²) in [5.41, 5.74) is 2.28. The Balaban J connectivity index is 1.97. The standard InChI is InChI=1S/C21H22N4O2S/c1-21(2,3)14-6-9-16(10-7-14)28-20-18(13-22)25(24-23-20)17-12-15(26-4)8-11-19(17)27-5/h6-12H,1-5H3. The second kappa shape index (κ2) is 7.95. The van der Waals surface area contributed by atoms with Gasteiger partial charge < -0.3 is 9.47 Å². The Morgan fingerprint density at radius 3 is 2.32 bits per heavy atom. The van der Waals surface area contributed by atoms with Crippen LogP contribution in [0.1, 0.15) is 32.0 Å². The summed E-state index contributed by atoms with van der Waals surface area (Å²) in [7, 11) is 3.15. The Morgan fingerprint density at radius 1 is 1.04 bits per heavy atom. The minimum Gasteiger partial charge on any atom is -0.497 e. The van der Waals surface area contributed by atoms with Crippen LogP contribution in [0.2, 0.25) is 0 Å². The smallest absolute Gasteiger partial charge is 0.179 e. The molecule has 7 heteroatoms. The van der Waals surface area contributed by atoms with Crippen LogP contribution in [0.25, 0.3) is 5.69 Å². The number of rotatable bonds is 5. The third-order valence-electron chi connectivity index (χ3n) is 4.29. The van der Waals surface area contributed by atoms with E-state index in [0.29, 0.717) is 27.9 Å². The highest BCUT2D eigenvalue weighted by atomic mass is 32.2. The van der Waals surface area contributed by atoms with E-state index < -0.39 is 0 Å². The molecule has 28 heavy (non-hydrogen) atoms. The van der Waals surface area contributed by atoms with Gasteiger partial charge in [-0.15, -0.1) is 5.10 Å². The van der Waals surface area contributed by atoms with Gasteiger partial charge in [0.2, 0.25) is 0 Å². The zero-order valence-electron chi connectivity index (χ0n) is 16.6. The highest BCUT2D eigenvalue weighted by Gasteiger charge is 2.19. The maximum atomic E-state index is 9.73. The van der Waals surface area contributed by atoms with E-state index in [1.165, 1.54) is 22.0 Å². The Kier molecular flexibility index (Phi) is 5.61. The van der Waals surface area contributed by atoms with Crippen molar-refractivity contribution in [2.24, 2.45) is 0 Å². The predicted molar refractivity (Wildman–Crippen MR) is 108 cm³/mol. The van der Waals surface area contributed by atoms with Gasteiger partial charge in [-0.1, -0.05) is 49.9 Å². The summed E-state index contributed by atoms with van der Waals surface area (Å²) >= 11 is 1.41. The van der Waals surface area contributed by atoms with Crippen molar-refractivity contribution in [1.29, 1.82) is 5.26 Å². The molecule has 144 valence electrons. The SMILES string of the molecule is COc1ccc(OC)c(-n2nnc(Sc3ccc(C(C)(C)C)cc3)c2C#N)c1. The topological polar surface area (TPSA) is 73.0 Å². The van der Waals surface area contributed by atoms with E-state index in [4.69, 9.17) is 9.47 Å². The van der Waals surface area contributed by atoms with Crippen molar-refractivity contribution in [3.8, 4) is 23.3 Å². The lowest BCUT2D eigenvalue weighted by molar-refractivity contribution is 0.400. The molecule has 0 unspecified atom stereocenters. The van der Waals surface area contributed by atoms with E-state index >= 15 is 0 Å². The number of hydrogen-bond donors (Lipinski definition) is 0. The normalized spacial score (nSPS) is 11.1. The van der Waals surface area contributed by atoms with Crippen LogP contribution in [-0.4, -0.2) is 29.2 Å². The molecule has 0 atom stereocenters. The third-order valence-corrected chi connectivity index (χ3v) is 5.27. The van der Waals surface area contributed by atoms with Gasteiger partial charge in [-0.25, -0.2) is 0 Å². The molecule has 0 aliphatic rings. The molecule has 0 bridgehead atoms. The molecule has 0 aliphatic heterocycles. The van der Waals surface area contributed by atoms with E-state index in [1.54, 1.807) is 32.4 Å². The van der Waals surface area contributed by atoms with Crippen LogP contribution < -0.4 is 9.47 Å². The zero-order valence-corrected chi connectivity index (χ0v) is 17.4. The number of nitriles is 1. The van der Waals surface area contributed by atoms with Crippen molar-refractivity contribution >= 4 is 11.8 Å². The maximum Gasteiger partial charge on any atom is 0.179 e. The Bertz CT molecular complexity index is 1010. The third kappa shape index (κ3) is 3.97. The molecule has 1 aromatic heterocycles. The van der Waals surface area contributed by atoms with Gasteiger partial charge in [-0.3, -0.25) is 0 Å². The van der Waals surface area contributed by atoms with Crippen molar-refractivity contribution < 1.29 is 9.47 Å². The zero-order chi connectivity index (χ0) is 20.3. The maximum absolute atomic E-state index is 9.73. The van der Waals surface area contributed by atoms with Crippen LogP contribution in [0.4, 0.5) is 0 Å². The number of methoxy groups -OCH3 is 2. The lowest BCUT2D eigenvalue weighted by atomic mass is 9.87. The molecular formula is C21H22N4O2S. The summed E-state index contributed by atoms with van der Waals surface area (Å²) in [6, 6.07) is 15.8. The Morgan fingerprint density at radius 2 is 1.75 bits per heavy atom.